The standard InChI is InChI=1S/C20H21ClFN5OS3/c21-17-6-5-16(30-17)12-26-7-9-27(10-8-26)18(28)13-29-20-25-24-19(31-20)23-11-14-1-3-15(22)4-2-14/h1-6H,7-13H2,(H,23,24). The molecule has 0 radical (unpaired) electrons. The van der Waals surface area contributed by atoms with Crippen molar-refractivity contribution in [3.05, 3.63) is 57.0 Å². The summed E-state index contributed by atoms with van der Waals surface area (Å²) in [6.07, 6.45) is 0. The van der Waals surface area contributed by atoms with Crippen LogP contribution in [0.4, 0.5) is 9.52 Å². The largest absolute Gasteiger partial charge is 0.356 e. The van der Waals surface area contributed by atoms with Gasteiger partial charge < -0.3 is 10.2 Å². The average Bonchev–Trinajstić information content (AvgIpc) is 3.41. The van der Waals surface area contributed by atoms with Gasteiger partial charge in [0.1, 0.15) is 5.82 Å². The van der Waals surface area contributed by atoms with E-state index >= 15 is 0 Å². The maximum Gasteiger partial charge on any atom is 0.233 e. The fourth-order valence-electron chi connectivity index (χ4n) is 3.15. The minimum absolute atomic E-state index is 0.125. The first-order valence-electron chi connectivity index (χ1n) is 9.74. The number of benzene rings is 1. The third-order valence-electron chi connectivity index (χ3n) is 4.82. The fourth-order valence-corrected chi connectivity index (χ4v) is 5.93. The highest BCUT2D eigenvalue weighted by molar-refractivity contribution is 8.01. The number of hydrogen-bond acceptors (Lipinski definition) is 8. The first-order chi connectivity index (χ1) is 15.0. The molecule has 1 saturated heterocycles. The number of thiophene rings is 1. The Hall–Kier alpha value is -1.72. The van der Waals surface area contributed by atoms with Gasteiger partial charge in [0.05, 0.1) is 10.1 Å². The molecule has 3 heterocycles. The summed E-state index contributed by atoms with van der Waals surface area (Å²) in [7, 11) is 0. The zero-order valence-corrected chi connectivity index (χ0v) is 19.8. The number of thioether (sulfide) groups is 1. The molecule has 1 fully saturated rings. The lowest BCUT2D eigenvalue weighted by Crippen LogP contribution is -2.48. The molecule has 0 unspecified atom stereocenters. The van der Waals surface area contributed by atoms with E-state index in [1.807, 2.05) is 11.0 Å². The Labute approximate surface area is 197 Å². The second-order valence-electron chi connectivity index (χ2n) is 7.00. The van der Waals surface area contributed by atoms with Crippen LogP contribution in [0.2, 0.25) is 4.34 Å². The second kappa shape index (κ2) is 10.7. The van der Waals surface area contributed by atoms with Gasteiger partial charge in [-0.15, -0.1) is 21.5 Å². The molecule has 0 spiro atoms. The number of nitrogens with one attached hydrogen (secondary N) is 1. The third kappa shape index (κ3) is 6.63. The summed E-state index contributed by atoms with van der Waals surface area (Å²) in [6.45, 7) is 4.62. The molecule has 0 saturated carbocycles. The van der Waals surface area contributed by atoms with E-state index in [1.165, 1.54) is 40.1 Å². The highest BCUT2D eigenvalue weighted by Crippen LogP contribution is 2.26. The van der Waals surface area contributed by atoms with Crippen molar-refractivity contribution >= 4 is 57.1 Å². The normalized spacial score (nSPS) is 14.7. The van der Waals surface area contributed by atoms with Crippen LogP contribution in [-0.2, 0) is 17.9 Å². The summed E-state index contributed by atoms with van der Waals surface area (Å²) in [4.78, 5) is 18.1. The number of hydrogen-bond donors (Lipinski definition) is 1. The number of amides is 1. The van der Waals surface area contributed by atoms with Gasteiger partial charge in [-0.25, -0.2) is 4.39 Å². The Balaban J connectivity index is 1.17. The van der Waals surface area contributed by atoms with Crippen LogP contribution in [0.15, 0.2) is 40.7 Å². The molecule has 0 bridgehead atoms. The van der Waals surface area contributed by atoms with Crippen LogP contribution in [0, 0.1) is 5.82 Å². The van der Waals surface area contributed by atoms with Crippen molar-refractivity contribution < 1.29 is 9.18 Å². The number of halogens is 2. The van der Waals surface area contributed by atoms with Gasteiger partial charge in [0.15, 0.2) is 4.34 Å². The third-order valence-corrected chi connectivity index (χ3v) is 8.03. The number of carbonyl (C=O) groups excluding carboxylic acids is 1. The molecular formula is C20H21ClFN5OS3. The van der Waals surface area contributed by atoms with E-state index in [4.69, 9.17) is 11.6 Å². The molecule has 31 heavy (non-hydrogen) atoms. The average molecular weight is 498 g/mol. The Morgan fingerprint density at radius 1 is 1.10 bits per heavy atom. The lowest BCUT2D eigenvalue weighted by Gasteiger charge is -2.34. The van der Waals surface area contributed by atoms with Gasteiger partial charge in [-0.3, -0.25) is 9.69 Å². The van der Waals surface area contributed by atoms with Crippen LogP contribution in [0.25, 0.3) is 0 Å². The molecule has 1 aromatic carbocycles. The van der Waals surface area contributed by atoms with E-state index in [1.54, 1.807) is 23.5 Å². The highest BCUT2D eigenvalue weighted by Gasteiger charge is 2.22. The van der Waals surface area contributed by atoms with Gasteiger partial charge in [-0.1, -0.05) is 46.8 Å². The zero-order chi connectivity index (χ0) is 21.6. The van der Waals surface area contributed by atoms with E-state index in [-0.39, 0.29) is 11.7 Å². The van der Waals surface area contributed by atoms with E-state index in [0.717, 1.165) is 47.0 Å². The molecule has 1 aliphatic heterocycles. The maximum absolute atomic E-state index is 13.0. The molecule has 1 amide bonds. The quantitative estimate of drug-likeness (QED) is 0.464. The van der Waals surface area contributed by atoms with Crippen molar-refractivity contribution in [2.75, 3.05) is 37.2 Å². The molecule has 1 aliphatic rings. The van der Waals surface area contributed by atoms with E-state index < -0.39 is 0 Å². The predicted octanol–water partition coefficient (Wildman–Crippen LogP) is 4.44. The van der Waals surface area contributed by atoms with Crippen LogP contribution in [0.5, 0.6) is 0 Å². The van der Waals surface area contributed by atoms with E-state index in [9.17, 15) is 9.18 Å². The van der Waals surface area contributed by atoms with E-state index in [2.05, 4.69) is 26.5 Å². The summed E-state index contributed by atoms with van der Waals surface area (Å²) in [5.74, 6) is 0.226. The van der Waals surface area contributed by atoms with Crippen LogP contribution >= 0.6 is 46.0 Å². The number of nitrogens with zero attached hydrogens (tertiary/aromatic N) is 4. The molecule has 11 heteroatoms. The van der Waals surface area contributed by atoms with Gasteiger partial charge in [-0.2, -0.15) is 0 Å². The first kappa shape index (κ1) is 22.5. The second-order valence-corrected chi connectivity index (χ2v) is 11.0. The Morgan fingerprint density at radius 3 is 2.58 bits per heavy atom. The van der Waals surface area contributed by atoms with Gasteiger partial charge >= 0.3 is 0 Å². The lowest BCUT2D eigenvalue weighted by atomic mass is 10.2. The van der Waals surface area contributed by atoms with Gasteiger partial charge in [0.2, 0.25) is 11.0 Å². The van der Waals surface area contributed by atoms with Crippen LogP contribution in [-0.4, -0.2) is 57.8 Å². The van der Waals surface area contributed by atoms with Crippen molar-refractivity contribution in [3.8, 4) is 0 Å². The maximum atomic E-state index is 13.0. The van der Waals surface area contributed by atoms with Crippen molar-refractivity contribution in [2.45, 2.75) is 17.4 Å². The molecule has 3 aromatic rings. The monoisotopic (exact) mass is 497 g/mol. The van der Waals surface area contributed by atoms with Crippen LogP contribution in [0.3, 0.4) is 0 Å². The Bertz CT molecular complexity index is 1000. The van der Waals surface area contributed by atoms with Crippen molar-refractivity contribution in [1.29, 1.82) is 0 Å². The van der Waals surface area contributed by atoms with Crippen LogP contribution in [0.1, 0.15) is 10.4 Å². The van der Waals surface area contributed by atoms with Crippen molar-refractivity contribution in [1.82, 2.24) is 20.0 Å². The zero-order valence-electron chi connectivity index (χ0n) is 16.6. The van der Waals surface area contributed by atoms with Gasteiger partial charge in [0.25, 0.3) is 0 Å². The minimum Gasteiger partial charge on any atom is -0.356 e. The number of rotatable bonds is 8. The van der Waals surface area contributed by atoms with Crippen LogP contribution < -0.4 is 5.32 Å². The molecular weight excluding hydrogens is 477 g/mol. The summed E-state index contributed by atoms with van der Waals surface area (Å²) in [6, 6.07) is 10.3. The highest BCUT2D eigenvalue weighted by atomic mass is 35.5. The number of carbonyl (C=O) groups is 1. The molecule has 6 nitrogen and oxygen atoms in total. The SMILES string of the molecule is O=C(CSc1nnc(NCc2ccc(F)cc2)s1)N1CCN(Cc2ccc(Cl)s2)CC1. The topological polar surface area (TPSA) is 61.4 Å². The van der Waals surface area contributed by atoms with Gasteiger partial charge in [-0.05, 0) is 29.8 Å². The summed E-state index contributed by atoms with van der Waals surface area (Å²) >= 11 is 10.4. The smallest absolute Gasteiger partial charge is 0.233 e. The molecule has 0 aliphatic carbocycles. The fraction of sp³-hybridized carbons (Fsp3) is 0.350. The number of piperazine rings is 1. The molecule has 1 N–H and O–H groups in total. The number of aromatic nitrogens is 2. The number of anilines is 1. The molecule has 164 valence electrons. The first-order valence-corrected chi connectivity index (χ1v) is 12.7. The summed E-state index contributed by atoms with van der Waals surface area (Å²) in [5.41, 5.74) is 0.960. The lowest BCUT2D eigenvalue weighted by molar-refractivity contribution is -0.130. The molecule has 2 aromatic heterocycles. The molecule has 0 atom stereocenters. The molecule has 4 rings (SSSR count). The Morgan fingerprint density at radius 2 is 1.87 bits per heavy atom. The summed E-state index contributed by atoms with van der Waals surface area (Å²) in [5, 5.41) is 12.1. The summed E-state index contributed by atoms with van der Waals surface area (Å²) < 4.78 is 14.5. The minimum atomic E-state index is -0.253. The van der Waals surface area contributed by atoms with Crippen molar-refractivity contribution in [3.63, 3.8) is 0 Å². The van der Waals surface area contributed by atoms with Gasteiger partial charge in [0, 0.05) is 44.1 Å². The van der Waals surface area contributed by atoms with E-state index in [0.29, 0.717) is 17.4 Å². The predicted molar refractivity (Wildman–Crippen MR) is 126 cm³/mol. The van der Waals surface area contributed by atoms with Crippen molar-refractivity contribution in [2.24, 2.45) is 0 Å². The Kier molecular flexibility index (Phi) is 7.78.